The molecule has 2 heterocycles. The highest BCUT2D eigenvalue weighted by Crippen LogP contribution is 2.49. The molecule has 0 spiro atoms. The van der Waals surface area contributed by atoms with Crippen molar-refractivity contribution < 1.29 is 4.42 Å². The van der Waals surface area contributed by atoms with Crippen molar-refractivity contribution >= 4 is 32.7 Å². The van der Waals surface area contributed by atoms with Crippen LogP contribution in [-0.4, -0.2) is 4.98 Å². The zero-order valence-corrected chi connectivity index (χ0v) is 17.2. The Bertz CT molecular complexity index is 1450. The third kappa shape index (κ3) is 2.15. The number of pyridine rings is 1. The van der Waals surface area contributed by atoms with Crippen molar-refractivity contribution in [1.29, 1.82) is 0 Å². The lowest BCUT2D eigenvalue weighted by Gasteiger charge is -2.28. The molecule has 2 aromatic heterocycles. The molecular weight excluding hydrogens is 354 g/mol. The molecule has 0 fully saturated rings. The van der Waals surface area contributed by atoms with Crippen molar-refractivity contribution in [3.05, 3.63) is 77.5 Å². The van der Waals surface area contributed by atoms with Crippen molar-refractivity contribution in [1.82, 2.24) is 4.98 Å². The van der Waals surface area contributed by atoms with E-state index in [9.17, 15) is 0 Å². The fraction of sp³-hybridized carbons (Fsp3) is 0.222. The molecule has 29 heavy (non-hydrogen) atoms. The Hall–Kier alpha value is -3.13. The van der Waals surface area contributed by atoms with E-state index >= 15 is 0 Å². The van der Waals surface area contributed by atoms with Crippen molar-refractivity contribution in [3.8, 4) is 11.3 Å². The number of aromatic nitrogens is 1. The van der Waals surface area contributed by atoms with E-state index < -0.39 is 0 Å². The van der Waals surface area contributed by atoms with Crippen LogP contribution in [0.5, 0.6) is 0 Å². The SMILES string of the molecule is CC(C)c1ccc2cc3c(cc2c1)C(C)(C)c1cccc2oc4ccnc-3c4c12. The van der Waals surface area contributed by atoms with Gasteiger partial charge in [0.15, 0.2) is 0 Å². The maximum Gasteiger partial charge on any atom is 0.139 e. The smallest absolute Gasteiger partial charge is 0.139 e. The van der Waals surface area contributed by atoms with E-state index in [-0.39, 0.29) is 5.41 Å². The summed E-state index contributed by atoms with van der Waals surface area (Å²) in [7, 11) is 0. The minimum Gasteiger partial charge on any atom is -0.456 e. The van der Waals surface area contributed by atoms with E-state index in [0.29, 0.717) is 5.92 Å². The predicted molar refractivity (Wildman–Crippen MR) is 121 cm³/mol. The van der Waals surface area contributed by atoms with Gasteiger partial charge in [0.2, 0.25) is 0 Å². The van der Waals surface area contributed by atoms with Gasteiger partial charge >= 0.3 is 0 Å². The van der Waals surface area contributed by atoms with Gasteiger partial charge in [-0.25, -0.2) is 0 Å². The quantitative estimate of drug-likeness (QED) is 0.301. The van der Waals surface area contributed by atoms with E-state index in [1.54, 1.807) is 0 Å². The molecule has 0 N–H and O–H groups in total. The van der Waals surface area contributed by atoms with Crippen LogP contribution < -0.4 is 0 Å². The fourth-order valence-corrected chi connectivity index (χ4v) is 5.02. The van der Waals surface area contributed by atoms with Crippen molar-refractivity contribution in [2.45, 2.75) is 39.0 Å². The number of benzene rings is 3. The van der Waals surface area contributed by atoms with E-state index in [2.05, 4.69) is 76.2 Å². The third-order valence-electron chi connectivity index (χ3n) is 6.68. The van der Waals surface area contributed by atoms with E-state index in [1.807, 2.05) is 12.3 Å². The van der Waals surface area contributed by atoms with Crippen molar-refractivity contribution in [2.24, 2.45) is 0 Å². The van der Waals surface area contributed by atoms with Gasteiger partial charge in [-0.1, -0.05) is 58.0 Å². The molecule has 0 atom stereocenters. The first-order chi connectivity index (χ1) is 13.9. The first-order valence-electron chi connectivity index (χ1n) is 10.3. The van der Waals surface area contributed by atoms with Gasteiger partial charge in [0.05, 0.1) is 11.1 Å². The van der Waals surface area contributed by atoms with Gasteiger partial charge in [-0.3, -0.25) is 4.98 Å². The molecule has 0 bridgehead atoms. The summed E-state index contributed by atoms with van der Waals surface area (Å²) in [5.41, 5.74) is 7.95. The Balaban J connectivity index is 1.81. The lowest BCUT2D eigenvalue weighted by molar-refractivity contribution is 0.644. The van der Waals surface area contributed by atoms with Gasteiger partial charge in [-0.05, 0) is 57.6 Å². The van der Waals surface area contributed by atoms with E-state index in [1.165, 1.54) is 38.4 Å². The van der Waals surface area contributed by atoms with Crippen LogP contribution in [-0.2, 0) is 5.41 Å². The number of hydrogen-bond donors (Lipinski definition) is 0. The summed E-state index contributed by atoms with van der Waals surface area (Å²) < 4.78 is 6.21. The van der Waals surface area contributed by atoms with Crippen LogP contribution in [0.1, 0.15) is 50.3 Å². The van der Waals surface area contributed by atoms with Crippen LogP contribution in [0.15, 0.2) is 65.2 Å². The Morgan fingerprint density at radius 3 is 2.48 bits per heavy atom. The lowest BCUT2D eigenvalue weighted by atomic mass is 9.75. The second-order valence-corrected chi connectivity index (χ2v) is 9.10. The highest BCUT2D eigenvalue weighted by Gasteiger charge is 2.34. The fourth-order valence-electron chi connectivity index (χ4n) is 5.02. The second-order valence-electron chi connectivity index (χ2n) is 9.10. The summed E-state index contributed by atoms with van der Waals surface area (Å²) in [5, 5.41) is 4.91. The molecule has 0 saturated carbocycles. The highest BCUT2D eigenvalue weighted by molar-refractivity contribution is 6.15. The molecule has 2 heteroatoms. The normalized spacial score (nSPS) is 14.8. The maximum absolute atomic E-state index is 6.21. The van der Waals surface area contributed by atoms with Crippen LogP contribution in [0, 0.1) is 0 Å². The number of furan rings is 1. The average Bonchev–Trinajstić information content (AvgIpc) is 3.07. The monoisotopic (exact) mass is 377 g/mol. The molecule has 5 aromatic rings. The zero-order chi connectivity index (χ0) is 19.9. The molecule has 0 amide bonds. The Morgan fingerprint density at radius 2 is 1.66 bits per heavy atom. The molecule has 1 aliphatic carbocycles. The summed E-state index contributed by atoms with van der Waals surface area (Å²) in [4.78, 5) is 4.85. The molecule has 1 aliphatic rings. The maximum atomic E-state index is 6.21. The molecule has 0 saturated heterocycles. The lowest BCUT2D eigenvalue weighted by Crippen LogP contribution is -2.19. The Labute approximate surface area is 170 Å². The zero-order valence-electron chi connectivity index (χ0n) is 17.2. The number of hydrogen-bond acceptors (Lipinski definition) is 2. The number of nitrogens with zero attached hydrogens (tertiary/aromatic N) is 1. The predicted octanol–water partition coefficient (Wildman–Crippen LogP) is 7.56. The largest absolute Gasteiger partial charge is 0.456 e. The van der Waals surface area contributed by atoms with Gasteiger partial charge < -0.3 is 4.42 Å². The van der Waals surface area contributed by atoms with Crippen LogP contribution in [0.4, 0.5) is 0 Å². The van der Waals surface area contributed by atoms with Crippen LogP contribution >= 0.6 is 0 Å². The van der Waals surface area contributed by atoms with Gasteiger partial charge in [0.1, 0.15) is 11.2 Å². The minimum atomic E-state index is -0.158. The average molecular weight is 377 g/mol. The number of fused-ring (bicyclic) bond motifs is 3. The van der Waals surface area contributed by atoms with Gasteiger partial charge in [-0.15, -0.1) is 0 Å². The second kappa shape index (κ2) is 5.48. The Morgan fingerprint density at radius 1 is 0.828 bits per heavy atom. The highest BCUT2D eigenvalue weighted by atomic mass is 16.3. The standard InChI is InChI=1S/C27H23NO/c1-15(2)16-8-9-17-13-19-21(14-18(17)12-16)27(3,4)20-6-5-7-22-24(20)25-23(29-22)10-11-28-26(19)25/h5-15H,1-4H3. The molecule has 6 rings (SSSR count). The van der Waals surface area contributed by atoms with Crippen LogP contribution in [0.25, 0.3) is 44.0 Å². The molecule has 142 valence electrons. The molecule has 0 unspecified atom stereocenters. The van der Waals surface area contributed by atoms with Crippen molar-refractivity contribution in [3.63, 3.8) is 0 Å². The summed E-state index contributed by atoms with van der Waals surface area (Å²) in [6.07, 6.45) is 1.87. The summed E-state index contributed by atoms with van der Waals surface area (Å²) in [6, 6.07) is 20.0. The first-order valence-corrected chi connectivity index (χ1v) is 10.3. The summed E-state index contributed by atoms with van der Waals surface area (Å²) in [5.74, 6) is 0.516. The molecule has 2 nitrogen and oxygen atoms in total. The van der Waals surface area contributed by atoms with E-state index in [4.69, 9.17) is 9.40 Å². The van der Waals surface area contributed by atoms with Crippen LogP contribution in [0.2, 0.25) is 0 Å². The third-order valence-corrected chi connectivity index (χ3v) is 6.68. The molecule has 3 aromatic carbocycles. The Kier molecular flexibility index (Phi) is 3.17. The topological polar surface area (TPSA) is 26.0 Å². The molecular formula is C27H23NO. The van der Waals surface area contributed by atoms with Crippen molar-refractivity contribution in [2.75, 3.05) is 0 Å². The molecule has 0 radical (unpaired) electrons. The summed E-state index contributed by atoms with van der Waals surface area (Å²) >= 11 is 0. The van der Waals surface area contributed by atoms with Gasteiger partial charge in [0.25, 0.3) is 0 Å². The van der Waals surface area contributed by atoms with Crippen LogP contribution in [0.3, 0.4) is 0 Å². The summed E-state index contributed by atoms with van der Waals surface area (Å²) in [6.45, 7) is 9.15. The number of rotatable bonds is 1. The van der Waals surface area contributed by atoms with Gasteiger partial charge in [0, 0.05) is 22.6 Å². The molecule has 0 aliphatic heterocycles. The van der Waals surface area contributed by atoms with E-state index in [0.717, 1.165) is 22.2 Å². The van der Waals surface area contributed by atoms with Gasteiger partial charge in [-0.2, -0.15) is 0 Å². The first kappa shape index (κ1) is 16.8. The minimum absolute atomic E-state index is 0.158.